The normalized spacial score (nSPS) is 20.4. The Balaban J connectivity index is 2.47. The SMILES string of the molecule is CNC(C)C1=CCC=CC1. The zero-order chi connectivity index (χ0) is 7.40. The molecule has 1 nitrogen and oxygen atoms in total. The molecule has 0 aliphatic heterocycles. The summed E-state index contributed by atoms with van der Waals surface area (Å²) in [5, 5.41) is 3.23. The summed E-state index contributed by atoms with van der Waals surface area (Å²) in [6, 6.07) is 0.546. The van der Waals surface area contributed by atoms with Crippen LogP contribution in [0.1, 0.15) is 19.8 Å². The van der Waals surface area contributed by atoms with Crippen LogP contribution < -0.4 is 5.32 Å². The van der Waals surface area contributed by atoms with Gasteiger partial charge in [-0.2, -0.15) is 0 Å². The Kier molecular flexibility index (Phi) is 2.69. The molecule has 1 atom stereocenters. The summed E-state index contributed by atoms with van der Waals surface area (Å²) >= 11 is 0. The van der Waals surface area contributed by atoms with E-state index in [2.05, 4.69) is 30.5 Å². The van der Waals surface area contributed by atoms with E-state index in [-0.39, 0.29) is 0 Å². The highest BCUT2D eigenvalue weighted by Crippen LogP contribution is 2.13. The van der Waals surface area contributed by atoms with E-state index in [0.717, 1.165) is 12.8 Å². The van der Waals surface area contributed by atoms with Gasteiger partial charge in [0.2, 0.25) is 0 Å². The Morgan fingerprint density at radius 1 is 1.50 bits per heavy atom. The lowest BCUT2D eigenvalue weighted by atomic mass is 10.00. The standard InChI is InChI=1S/C9H15N/c1-8(10-2)9-6-4-3-5-7-9/h3-4,7-8,10H,5-6H2,1-2H3. The lowest BCUT2D eigenvalue weighted by Gasteiger charge is -2.15. The van der Waals surface area contributed by atoms with Crippen LogP contribution in [-0.4, -0.2) is 13.1 Å². The molecule has 0 aromatic rings. The fourth-order valence-electron chi connectivity index (χ4n) is 1.16. The highest BCUT2D eigenvalue weighted by molar-refractivity contribution is 5.19. The maximum absolute atomic E-state index is 3.23. The third kappa shape index (κ3) is 1.71. The molecule has 1 unspecified atom stereocenters. The number of allylic oxidation sites excluding steroid dienone is 3. The van der Waals surface area contributed by atoms with Crippen LogP contribution in [0.25, 0.3) is 0 Å². The van der Waals surface area contributed by atoms with Gasteiger partial charge < -0.3 is 5.32 Å². The van der Waals surface area contributed by atoms with Gasteiger partial charge in [0.25, 0.3) is 0 Å². The van der Waals surface area contributed by atoms with Crippen molar-refractivity contribution in [2.45, 2.75) is 25.8 Å². The van der Waals surface area contributed by atoms with Gasteiger partial charge in [0.1, 0.15) is 0 Å². The highest BCUT2D eigenvalue weighted by Gasteiger charge is 2.04. The molecule has 1 N–H and O–H groups in total. The van der Waals surface area contributed by atoms with Crippen molar-refractivity contribution >= 4 is 0 Å². The fourth-order valence-corrected chi connectivity index (χ4v) is 1.16. The number of rotatable bonds is 2. The van der Waals surface area contributed by atoms with Gasteiger partial charge in [0.05, 0.1) is 0 Å². The van der Waals surface area contributed by atoms with Crippen molar-refractivity contribution in [2.24, 2.45) is 0 Å². The first-order valence-corrected chi connectivity index (χ1v) is 3.86. The quantitative estimate of drug-likeness (QED) is 0.573. The van der Waals surface area contributed by atoms with Crippen LogP contribution in [0.2, 0.25) is 0 Å². The molecule has 0 aromatic carbocycles. The molecule has 0 saturated carbocycles. The second-order valence-electron chi connectivity index (χ2n) is 2.70. The second kappa shape index (κ2) is 3.57. The highest BCUT2D eigenvalue weighted by atomic mass is 14.9. The van der Waals surface area contributed by atoms with Gasteiger partial charge in [0.15, 0.2) is 0 Å². The van der Waals surface area contributed by atoms with Crippen LogP contribution in [0, 0.1) is 0 Å². The van der Waals surface area contributed by atoms with E-state index in [1.54, 1.807) is 0 Å². The van der Waals surface area contributed by atoms with Crippen LogP contribution in [-0.2, 0) is 0 Å². The Hall–Kier alpha value is -0.560. The average Bonchev–Trinajstić information content (AvgIpc) is 2.05. The summed E-state index contributed by atoms with van der Waals surface area (Å²) in [7, 11) is 2.00. The van der Waals surface area contributed by atoms with E-state index < -0.39 is 0 Å². The van der Waals surface area contributed by atoms with Crippen molar-refractivity contribution in [3.63, 3.8) is 0 Å². The molecule has 0 spiro atoms. The molecule has 1 heteroatoms. The maximum atomic E-state index is 3.23. The topological polar surface area (TPSA) is 12.0 Å². The molecule has 0 heterocycles. The van der Waals surface area contributed by atoms with E-state index >= 15 is 0 Å². The lowest BCUT2D eigenvalue weighted by molar-refractivity contribution is 0.674. The predicted octanol–water partition coefficient (Wildman–Crippen LogP) is 1.87. The van der Waals surface area contributed by atoms with Crippen molar-refractivity contribution in [3.8, 4) is 0 Å². The third-order valence-corrected chi connectivity index (χ3v) is 2.03. The van der Waals surface area contributed by atoms with Gasteiger partial charge in [-0.3, -0.25) is 0 Å². The summed E-state index contributed by atoms with van der Waals surface area (Å²) in [5.74, 6) is 0. The predicted molar refractivity (Wildman–Crippen MR) is 45.0 cm³/mol. The van der Waals surface area contributed by atoms with Crippen molar-refractivity contribution in [1.29, 1.82) is 0 Å². The number of hydrogen-bond donors (Lipinski definition) is 1. The Bertz CT molecular complexity index is 156. The van der Waals surface area contributed by atoms with E-state index in [0.29, 0.717) is 6.04 Å². The van der Waals surface area contributed by atoms with E-state index in [9.17, 15) is 0 Å². The first-order chi connectivity index (χ1) is 4.84. The van der Waals surface area contributed by atoms with Gasteiger partial charge in [-0.15, -0.1) is 0 Å². The van der Waals surface area contributed by atoms with Crippen LogP contribution in [0.3, 0.4) is 0 Å². The summed E-state index contributed by atoms with van der Waals surface area (Å²) in [5.41, 5.74) is 1.52. The van der Waals surface area contributed by atoms with Crippen LogP contribution in [0.4, 0.5) is 0 Å². The summed E-state index contributed by atoms with van der Waals surface area (Å²) < 4.78 is 0. The minimum absolute atomic E-state index is 0.546. The maximum Gasteiger partial charge on any atom is 0.0251 e. The van der Waals surface area contributed by atoms with Gasteiger partial charge in [-0.05, 0) is 26.8 Å². The first kappa shape index (κ1) is 7.55. The van der Waals surface area contributed by atoms with Gasteiger partial charge in [-0.1, -0.05) is 23.8 Å². The molecular weight excluding hydrogens is 122 g/mol. The molecule has 0 radical (unpaired) electrons. The van der Waals surface area contributed by atoms with Crippen LogP contribution in [0.15, 0.2) is 23.8 Å². The summed E-state index contributed by atoms with van der Waals surface area (Å²) in [6.45, 7) is 2.20. The molecule has 0 aromatic heterocycles. The zero-order valence-electron chi connectivity index (χ0n) is 6.72. The molecule has 1 aliphatic carbocycles. The third-order valence-electron chi connectivity index (χ3n) is 2.03. The van der Waals surface area contributed by atoms with Gasteiger partial charge in [0, 0.05) is 6.04 Å². The van der Waals surface area contributed by atoms with Gasteiger partial charge >= 0.3 is 0 Å². The minimum atomic E-state index is 0.546. The molecule has 10 heavy (non-hydrogen) atoms. The molecule has 1 aliphatic rings. The van der Waals surface area contributed by atoms with Crippen molar-refractivity contribution in [3.05, 3.63) is 23.8 Å². The van der Waals surface area contributed by atoms with Crippen molar-refractivity contribution < 1.29 is 0 Å². The Morgan fingerprint density at radius 3 is 2.80 bits per heavy atom. The fraction of sp³-hybridized carbons (Fsp3) is 0.556. The lowest BCUT2D eigenvalue weighted by Crippen LogP contribution is -2.23. The Morgan fingerprint density at radius 2 is 2.30 bits per heavy atom. The molecule has 0 bridgehead atoms. The van der Waals surface area contributed by atoms with E-state index in [1.165, 1.54) is 5.57 Å². The second-order valence-corrected chi connectivity index (χ2v) is 2.70. The first-order valence-electron chi connectivity index (χ1n) is 3.86. The average molecular weight is 137 g/mol. The summed E-state index contributed by atoms with van der Waals surface area (Å²) in [6.07, 6.45) is 9.00. The molecular formula is C9H15N. The minimum Gasteiger partial charge on any atom is -0.314 e. The molecule has 0 amide bonds. The smallest absolute Gasteiger partial charge is 0.0251 e. The molecule has 1 rings (SSSR count). The van der Waals surface area contributed by atoms with Crippen molar-refractivity contribution in [1.82, 2.24) is 5.32 Å². The largest absolute Gasteiger partial charge is 0.314 e. The van der Waals surface area contributed by atoms with Crippen LogP contribution >= 0.6 is 0 Å². The van der Waals surface area contributed by atoms with Gasteiger partial charge in [-0.25, -0.2) is 0 Å². The molecule has 0 saturated heterocycles. The monoisotopic (exact) mass is 137 g/mol. The zero-order valence-corrected chi connectivity index (χ0v) is 6.72. The molecule has 56 valence electrons. The number of hydrogen-bond acceptors (Lipinski definition) is 1. The Labute approximate surface area is 62.8 Å². The van der Waals surface area contributed by atoms with Crippen LogP contribution in [0.5, 0.6) is 0 Å². The van der Waals surface area contributed by atoms with E-state index in [1.807, 2.05) is 7.05 Å². The van der Waals surface area contributed by atoms with E-state index in [4.69, 9.17) is 0 Å². The van der Waals surface area contributed by atoms with Crippen molar-refractivity contribution in [2.75, 3.05) is 7.05 Å². The summed E-state index contributed by atoms with van der Waals surface area (Å²) in [4.78, 5) is 0. The molecule has 0 fully saturated rings. The number of nitrogens with one attached hydrogen (secondary N) is 1. The number of likely N-dealkylation sites (N-methyl/N-ethyl adjacent to an activating group) is 1.